The molecule has 0 aliphatic heterocycles. The van der Waals surface area contributed by atoms with Crippen LogP contribution in [0.4, 0.5) is 0 Å². The Labute approximate surface area is 336 Å². The fourth-order valence-corrected chi connectivity index (χ4v) is 5.50. The van der Waals surface area contributed by atoms with Crippen LogP contribution >= 0.6 is 0 Å². The lowest BCUT2D eigenvalue weighted by molar-refractivity contribution is -0.136. The van der Waals surface area contributed by atoms with E-state index in [1.54, 1.807) is 13.8 Å². The van der Waals surface area contributed by atoms with Crippen molar-refractivity contribution in [3.05, 3.63) is 0 Å². The van der Waals surface area contributed by atoms with Crippen LogP contribution in [0.3, 0.4) is 0 Å². The summed E-state index contributed by atoms with van der Waals surface area (Å²) in [7, 11) is 0. The molecule has 0 rings (SSSR count). The van der Waals surface area contributed by atoms with Crippen molar-refractivity contribution in [2.24, 2.45) is 40.7 Å². The smallest absolute Gasteiger partial charge is 0.243 e. The Hall–Kier alpha value is -4.85. The Bertz CT molecular complexity index is 1390. The largest absolute Gasteiger partial charge is 0.370 e. The molecule has 0 aliphatic carbocycles. The van der Waals surface area contributed by atoms with E-state index in [9.17, 15) is 43.2 Å². The van der Waals surface area contributed by atoms with E-state index in [2.05, 4.69) is 37.2 Å². The van der Waals surface area contributed by atoms with Crippen molar-refractivity contribution in [2.75, 3.05) is 6.54 Å². The first-order chi connectivity index (χ1) is 26.4. The molecule has 0 unspecified atom stereocenters. The van der Waals surface area contributed by atoms with Gasteiger partial charge in [-0.05, 0) is 83.6 Å². The Morgan fingerprint density at radius 3 is 1.21 bits per heavy atom. The Balaban J connectivity index is 6.11. The minimum Gasteiger partial charge on any atom is -0.370 e. The number of amides is 9. The second kappa shape index (κ2) is 26.1. The standard InChI is InChI=1S/C37H69N11O9/c1-18(2)14-25(30(41)50)45-37(57)28(17-29(40)49)48-36(56)27(16-20(5)6)47-34(54)24(12-10-11-13-38)44-32(52)23(9)43-35(55)26(15-19(3)4)46-33(53)22(8)42-31(51)21(7)39/h18-28H,10-17,38-39H2,1-9H3,(H2,40,49)(H2,41,50)(H,42,51)(H,43,55)(H,44,52)(H,45,57)(H,46,53)(H,47,54)(H,48,56)/t21-,22-,23-,24-,25-,26-,27-,28-/m0/s1. The van der Waals surface area contributed by atoms with E-state index in [1.165, 1.54) is 20.8 Å². The second-order valence-corrected chi connectivity index (χ2v) is 15.8. The molecule has 20 heteroatoms. The summed E-state index contributed by atoms with van der Waals surface area (Å²) < 4.78 is 0. The predicted molar refractivity (Wildman–Crippen MR) is 213 cm³/mol. The molecule has 0 aromatic carbocycles. The number of nitrogens with one attached hydrogen (secondary N) is 7. The summed E-state index contributed by atoms with van der Waals surface area (Å²) in [6.07, 6.45) is 0.914. The van der Waals surface area contributed by atoms with Gasteiger partial charge in [0.15, 0.2) is 0 Å². The molecule has 15 N–H and O–H groups in total. The van der Waals surface area contributed by atoms with E-state index in [-0.39, 0.29) is 43.4 Å². The molecule has 0 aromatic rings. The van der Waals surface area contributed by atoms with Gasteiger partial charge in [0.25, 0.3) is 0 Å². The van der Waals surface area contributed by atoms with Crippen molar-refractivity contribution in [1.29, 1.82) is 0 Å². The van der Waals surface area contributed by atoms with Crippen molar-refractivity contribution in [1.82, 2.24) is 37.2 Å². The van der Waals surface area contributed by atoms with Gasteiger partial charge in [0.05, 0.1) is 12.5 Å². The number of carbonyl (C=O) groups is 9. The van der Waals surface area contributed by atoms with Crippen LogP contribution in [0, 0.1) is 17.8 Å². The average Bonchev–Trinajstić information content (AvgIpc) is 3.08. The number of carbonyl (C=O) groups excluding carboxylic acids is 9. The molecule has 0 fully saturated rings. The SMILES string of the molecule is CC(C)C[C@H](NC(=O)[C@H](CC(N)=O)NC(=O)[C@H](CC(C)C)NC(=O)[C@H](CCCCN)NC(=O)[C@H](C)NC(=O)[C@H](CC(C)C)NC(=O)[C@H](C)NC(=O)[C@H](C)N)C(N)=O. The maximum Gasteiger partial charge on any atom is 0.243 e. The fraction of sp³-hybridized carbons (Fsp3) is 0.757. The van der Waals surface area contributed by atoms with Crippen LogP contribution in [0.25, 0.3) is 0 Å². The van der Waals surface area contributed by atoms with E-state index in [0.717, 1.165) is 0 Å². The number of hydrogen-bond donors (Lipinski definition) is 11. The monoisotopic (exact) mass is 812 g/mol. The number of rotatable bonds is 27. The number of primary amides is 2. The molecule has 9 amide bonds. The van der Waals surface area contributed by atoms with Crippen molar-refractivity contribution < 1.29 is 43.2 Å². The van der Waals surface area contributed by atoms with Gasteiger partial charge < -0.3 is 60.2 Å². The Kier molecular flexibility index (Phi) is 23.9. The first-order valence-corrected chi connectivity index (χ1v) is 19.6. The van der Waals surface area contributed by atoms with Gasteiger partial charge in [-0.25, -0.2) is 0 Å². The molecule has 0 spiro atoms. The summed E-state index contributed by atoms with van der Waals surface area (Å²) in [5.74, 6) is -7.00. The highest BCUT2D eigenvalue weighted by Gasteiger charge is 2.34. The molecular formula is C37H69N11O9. The lowest BCUT2D eigenvalue weighted by atomic mass is 10.0. The predicted octanol–water partition coefficient (Wildman–Crippen LogP) is -2.61. The van der Waals surface area contributed by atoms with Crippen LogP contribution in [0.2, 0.25) is 0 Å². The lowest BCUT2D eigenvalue weighted by Crippen LogP contribution is -2.60. The Morgan fingerprint density at radius 2 is 0.789 bits per heavy atom. The summed E-state index contributed by atoms with van der Waals surface area (Å²) in [5, 5.41) is 17.8. The summed E-state index contributed by atoms with van der Waals surface area (Å²) >= 11 is 0. The van der Waals surface area contributed by atoms with Gasteiger partial charge >= 0.3 is 0 Å². The molecule has 0 heterocycles. The lowest BCUT2D eigenvalue weighted by Gasteiger charge is -2.28. The first kappa shape index (κ1) is 52.2. The maximum absolute atomic E-state index is 13.8. The van der Waals surface area contributed by atoms with Crippen molar-refractivity contribution in [2.45, 2.75) is 156 Å². The molecule has 0 aromatic heterocycles. The zero-order valence-corrected chi connectivity index (χ0v) is 35.0. The van der Waals surface area contributed by atoms with Gasteiger partial charge in [-0.1, -0.05) is 41.5 Å². The number of unbranched alkanes of at least 4 members (excludes halogenated alkanes) is 1. The summed E-state index contributed by atoms with van der Waals surface area (Å²) in [6, 6.07) is -9.13. The highest BCUT2D eigenvalue weighted by Crippen LogP contribution is 2.11. The molecular weight excluding hydrogens is 742 g/mol. The summed E-state index contributed by atoms with van der Waals surface area (Å²) in [4.78, 5) is 116. The Morgan fingerprint density at radius 1 is 0.439 bits per heavy atom. The van der Waals surface area contributed by atoms with E-state index in [0.29, 0.717) is 19.4 Å². The van der Waals surface area contributed by atoms with Crippen molar-refractivity contribution >= 4 is 53.2 Å². The van der Waals surface area contributed by atoms with Gasteiger partial charge in [-0.3, -0.25) is 43.2 Å². The molecule has 0 saturated heterocycles. The van der Waals surface area contributed by atoms with Gasteiger partial charge in [0, 0.05) is 0 Å². The van der Waals surface area contributed by atoms with Crippen LogP contribution in [-0.2, 0) is 43.2 Å². The van der Waals surface area contributed by atoms with E-state index < -0.39 is 108 Å². The third kappa shape index (κ3) is 21.3. The van der Waals surface area contributed by atoms with Gasteiger partial charge in [-0.2, -0.15) is 0 Å². The van der Waals surface area contributed by atoms with Crippen LogP contribution < -0.4 is 60.2 Å². The third-order valence-electron chi connectivity index (χ3n) is 8.58. The molecule has 0 bridgehead atoms. The maximum atomic E-state index is 13.8. The second-order valence-electron chi connectivity index (χ2n) is 15.8. The third-order valence-corrected chi connectivity index (χ3v) is 8.58. The highest BCUT2D eigenvalue weighted by molar-refractivity contribution is 5.98. The highest BCUT2D eigenvalue weighted by atomic mass is 16.2. The van der Waals surface area contributed by atoms with Gasteiger partial charge in [0.1, 0.15) is 42.3 Å². The average molecular weight is 812 g/mol. The van der Waals surface area contributed by atoms with E-state index in [1.807, 2.05) is 27.7 Å². The van der Waals surface area contributed by atoms with E-state index >= 15 is 0 Å². The normalized spacial score (nSPS) is 15.5. The molecule has 0 aliphatic rings. The van der Waals surface area contributed by atoms with Gasteiger partial charge in [0.2, 0.25) is 53.2 Å². The van der Waals surface area contributed by atoms with Crippen LogP contribution in [0.5, 0.6) is 0 Å². The number of nitrogens with two attached hydrogens (primary N) is 4. The molecule has 57 heavy (non-hydrogen) atoms. The zero-order chi connectivity index (χ0) is 44.2. The fourth-order valence-electron chi connectivity index (χ4n) is 5.50. The first-order valence-electron chi connectivity index (χ1n) is 19.6. The van der Waals surface area contributed by atoms with Crippen LogP contribution in [0.1, 0.15) is 107 Å². The zero-order valence-electron chi connectivity index (χ0n) is 35.0. The molecule has 0 saturated carbocycles. The summed E-state index contributed by atoms with van der Waals surface area (Å²) in [5.41, 5.74) is 22.0. The molecule has 0 radical (unpaired) electrons. The molecule has 326 valence electrons. The topological polar surface area (TPSA) is 342 Å². The minimum atomic E-state index is -1.50. The van der Waals surface area contributed by atoms with Crippen LogP contribution in [-0.4, -0.2) is 108 Å². The van der Waals surface area contributed by atoms with Crippen LogP contribution in [0.15, 0.2) is 0 Å². The van der Waals surface area contributed by atoms with Crippen molar-refractivity contribution in [3.8, 4) is 0 Å². The minimum absolute atomic E-state index is 0.0267. The molecule has 8 atom stereocenters. The van der Waals surface area contributed by atoms with Crippen molar-refractivity contribution in [3.63, 3.8) is 0 Å². The van der Waals surface area contributed by atoms with E-state index in [4.69, 9.17) is 22.9 Å². The number of hydrogen-bond acceptors (Lipinski definition) is 11. The van der Waals surface area contributed by atoms with Gasteiger partial charge in [-0.15, -0.1) is 0 Å². The quantitative estimate of drug-likeness (QED) is 0.0382. The summed E-state index contributed by atoms with van der Waals surface area (Å²) in [6.45, 7) is 15.5. The molecule has 20 nitrogen and oxygen atoms in total.